The molecule has 0 aliphatic heterocycles. The molecule has 0 aliphatic rings. The molecule has 4 N–H and O–H groups in total. The Bertz CT molecular complexity index is 3070. The Morgan fingerprint density at radius 3 is 0.577 bits per heavy atom. The Hall–Kier alpha value is -4.57. The lowest BCUT2D eigenvalue weighted by molar-refractivity contribution is -0.161. The van der Waals surface area contributed by atoms with Crippen molar-refractivity contribution in [2.24, 2.45) is 0 Å². The number of esters is 3. The molecule has 0 saturated heterocycles. The van der Waals surface area contributed by atoms with E-state index >= 15 is 0 Å². The van der Waals surface area contributed by atoms with E-state index in [4.69, 9.17) is 32.3 Å². The second-order valence-corrected chi connectivity index (χ2v) is 41.4. The fourth-order valence-corrected chi connectivity index (χ4v) is 17.9. The van der Waals surface area contributed by atoms with E-state index in [1.807, 2.05) is 0 Å². The van der Waals surface area contributed by atoms with E-state index in [0.717, 1.165) is 122 Å². The van der Waals surface area contributed by atoms with Crippen LogP contribution in [0.1, 0.15) is 534 Å². The summed E-state index contributed by atoms with van der Waals surface area (Å²) in [7, 11) is -9.82. The van der Waals surface area contributed by atoms with Gasteiger partial charge in [0.25, 0.3) is 0 Å². The van der Waals surface area contributed by atoms with Crippen molar-refractivity contribution in [1.29, 1.82) is 0 Å². The highest BCUT2D eigenvalue weighted by molar-refractivity contribution is 7.47. The Kier molecular flexibility index (Phi) is 107. The summed E-state index contributed by atoms with van der Waals surface area (Å²) in [5.41, 5.74) is 0. The summed E-state index contributed by atoms with van der Waals surface area (Å²) in [4.78, 5) is 59.4. The smallest absolute Gasteiger partial charge is 0.463 e. The van der Waals surface area contributed by atoms with Gasteiger partial charge in [0.05, 0.1) is 26.4 Å². The van der Waals surface area contributed by atoms with Crippen LogP contribution < -0.4 is 0 Å². The van der Waals surface area contributed by atoms with Crippen molar-refractivity contribution in [3.05, 3.63) is 146 Å². The number of aliphatic hydroxyl groups is 2. The number of carbonyl (C=O) groups excluding carboxylic acids is 3. The molecule has 794 valence electrons. The van der Waals surface area contributed by atoms with Gasteiger partial charge in [-0.25, -0.2) is 9.13 Å². The topological polar surface area (TPSA) is 231 Å². The molecular weight excluding hydrogens is 1750 g/mol. The molecule has 5 atom stereocenters. The predicted molar refractivity (Wildman–Crippen MR) is 583 cm³/mol. The number of unbranched alkanes of at least 4 members (excludes halogenated alkanes) is 62. The number of hydrogen-bond acceptors (Lipinski definition) is 14. The van der Waals surface area contributed by atoms with Crippen molar-refractivity contribution in [3.8, 4) is 0 Å². The summed E-state index contributed by atoms with van der Waals surface area (Å²) in [6.45, 7) is 2.72. The van der Waals surface area contributed by atoms with Gasteiger partial charge in [-0.2, -0.15) is 0 Å². The van der Waals surface area contributed by atoms with Crippen molar-refractivity contribution < 1.29 is 75.8 Å². The van der Waals surface area contributed by atoms with Gasteiger partial charge >= 0.3 is 33.6 Å². The number of phosphoric acid groups is 2. The molecule has 0 rings (SSSR count). The van der Waals surface area contributed by atoms with E-state index in [1.54, 1.807) is 0 Å². The van der Waals surface area contributed by atoms with Gasteiger partial charge in [-0.3, -0.25) is 32.5 Å². The lowest BCUT2D eigenvalue weighted by atomic mass is 10.0. The van der Waals surface area contributed by atoms with Crippen LogP contribution in [0.4, 0.5) is 0 Å². The third-order valence-electron chi connectivity index (χ3n) is 25.0. The Labute approximate surface area is 842 Å². The fourth-order valence-electron chi connectivity index (χ4n) is 16.4. The van der Waals surface area contributed by atoms with E-state index in [2.05, 4.69) is 167 Å². The Balaban J connectivity index is 4.58. The number of phosphoric ester groups is 2. The zero-order valence-electron chi connectivity index (χ0n) is 88.5. The predicted octanol–water partition coefficient (Wildman–Crippen LogP) is 36.9. The van der Waals surface area contributed by atoms with E-state index in [1.165, 1.54) is 353 Å². The second-order valence-electron chi connectivity index (χ2n) is 38.5. The van der Waals surface area contributed by atoms with Gasteiger partial charge < -0.3 is 34.2 Å². The number of ether oxygens (including phenoxy) is 3. The van der Waals surface area contributed by atoms with Crippen LogP contribution in [-0.4, -0.2) is 95.9 Å². The van der Waals surface area contributed by atoms with Crippen LogP contribution in [0.25, 0.3) is 0 Å². The van der Waals surface area contributed by atoms with Gasteiger partial charge in [-0.15, -0.1) is 0 Å². The molecule has 0 fully saturated rings. The quantitative estimate of drug-likeness (QED) is 0.0146. The maximum Gasteiger partial charge on any atom is 0.472 e. The highest BCUT2D eigenvalue weighted by Gasteiger charge is 2.30. The van der Waals surface area contributed by atoms with Gasteiger partial charge in [-0.05, 0) is 154 Å². The molecule has 137 heavy (non-hydrogen) atoms. The summed E-state index contributed by atoms with van der Waals surface area (Å²) >= 11 is 0. The normalized spacial score (nSPS) is 14.1. The molecule has 16 nitrogen and oxygen atoms in total. The first kappa shape index (κ1) is 132. The average molecular weight is 1960 g/mol. The first-order valence-electron chi connectivity index (χ1n) is 57.1. The Morgan fingerprint density at radius 2 is 0.365 bits per heavy atom. The monoisotopic (exact) mass is 1960 g/mol. The van der Waals surface area contributed by atoms with E-state index in [0.29, 0.717) is 19.3 Å². The summed E-state index contributed by atoms with van der Waals surface area (Å²) < 4.78 is 61.9. The van der Waals surface area contributed by atoms with Crippen LogP contribution in [0.2, 0.25) is 0 Å². The van der Waals surface area contributed by atoms with Gasteiger partial charge in [0.1, 0.15) is 25.4 Å². The molecule has 0 spiro atoms. The summed E-state index contributed by atoms with van der Waals surface area (Å²) in [6, 6.07) is 0. The lowest BCUT2D eigenvalue weighted by Crippen LogP contribution is -2.30. The minimum atomic E-state index is -4.95. The third kappa shape index (κ3) is 112. The van der Waals surface area contributed by atoms with Crippen LogP contribution in [0.15, 0.2) is 146 Å². The summed E-state index contributed by atoms with van der Waals surface area (Å²) in [5, 5.41) is 20.9. The van der Waals surface area contributed by atoms with Crippen LogP contribution >= 0.6 is 15.6 Å². The Morgan fingerprint density at radius 1 is 0.204 bits per heavy atom. The van der Waals surface area contributed by atoms with Gasteiger partial charge in [0.2, 0.25) is 0 Å². The molecule has 0 saturated carbocycles. The van der Waals surface area contributed by atoms with Crippen molar-refractivity contribution in [2.75, 3.05) is 39.6 Å². The number of allylic oxidation sites excluding steroid dienone is 24. The first-order chi connectivity index (χ1) is 67.2. The van der Waals surface area contributed by atoms with Crippen LogP contribution in [0.5, 0.6) is 0 Å². The highest BCUT2D eigenvalue weighted by Crippen LogP contribution is 2.45. The highest BCUT2D eigenvalue weighted by atomic mass is 31.2. The zero-order valence-corrected chi connectivity index (χ0v) is 90.3. The molecular formula is C119H212O16P2. The minimum absolute atomic E-state index is 0.106. The van der Waals surface area contributed by atoms with Crippen molar-refractivity contribution in [2.45, 2.75) is 553 Å². The molecule has 18 heteroatoms. The van der Waals surface area contributed by atoms with E-state index in [9.17, 15) is 43.5 Å². The van der Waals surface area contributed by atoms with Crippen molar-refractivity contribution in [3.63, 3.8) is 0 Å². The van der Waals surface area contributed by atoms with Crippen LogP contribution in [-0.2, 0) is 55.8 Å². The maximum absolute atomic E-state index is 13.2. The summed E-state index contributed by atoms with van der Waals surface area (Å²) in [5.74, 6) is -1.54. The zero-order chi connectivity index (χ0) is 99.2. The maximum atomic E-state index is 13.2. The summed E-state index contributed by atoms with van der Waals surface area (Å²) in [6.07, 6.45) is 144. The standard InChI is InChI=1S/C119H212O16P2/c1-4-7-10-13-16-19-22-25-28-31-34-37-40-43-46-49-52-55-56-59-61-63-66-69-72-75-78-81-84-87-90-93-96-99-102-105-117(122)129-108-114(120)109-131-136(125,126)132-110-115(121)111-133-137(127,128)134-113-116(135-119(124)107-104-101-98-95-92-89-86-83-80-77-74-71-68-65-62-58-54-51-48-45-42-39-36-33-30-27-24-21-18-15-12-9-6-3)112-130-118(123)106-103-100-97-94-91-88-85-82-79-76-73-70-67-64-60-57-53-50-47-44-41-38-35-32-29-26-23-20-17-14-11-8-5-2/h16-21,25-30,34-39,43-48,114-116,120-121H,4-15,22-24,31-33,40-42,49-113H2,1-3H3,(H,125,126)(H,127,128)/b19-16-,20-17-,21-18-,28-25-,29-26-,30-27-,37-34-,38-35-,39-36-,46-43-,47-44-,48-45-. The number of carbonyl (C=O) groups is 3. The molecule has 0 aliphatic carbocycles. The number of hydrogen-bond donors (Lipinski definition) is 4. The molecule has 0 aromatic heterocycles. The SMILES string of the molecule is CCCCC/C=C\C/C=C\C/C=C\C/C=C\CCCCCCCCCCCCCCCCCCCCCC(=O)OCC(O)COP(=O)(O)OCC(O)COP(=O)(O)OCC(COC(=O)CCCCCCCCCCCCCCCCCCC/C=C\C/C=C\C/C=C\C/C=C\CCCCC)OC(=O)CCCCCCCCCCCCCCCCCCC/C=C\C/C=C\C/C=C\C/C=C\CCCCC. The number of rotatable bonds is 109. The fraction of sp³-hybridized carbons (Fsp3) is 0.773. The largest absolute Gasteiger partial charge is 0.472 e. The molecule has 0 amide bonds. The van der Waals surface area contributed by atoms with Crippen LogP contribution in [0.3, 0.4) is 0 Å². The van der Waals surface area contributed by atoms with Crippen molar-refractivity contribution in [1.82, 2.24) is 0 Å². The molecule has 0 aromatic carbocycles. The van der Waals surface area contributed by atoms with E-state index in [-0.39, 0.29) is 19.3 Å². The first-order valence-corrected chi connectivity index (χ1v) is 60.1. The van der Waals surface area contributed by atoms with Crippen LogP contribution in [0, 0.1) is 0 Å². The molecule has 0 heterocycles. The molecule has 0 bridgehead atoms. The van der Waals surface area contributed by atoms with Crippen molar-refractivity contribution >= 4 is 33.6 Å². The van der Waals surface area contributed by atoms with Gasteiger partial charge in [0.15, 0.2) is 6.10 Å². The van der Waals surface area contributed by atoms with Gasteiger partial charge in [-0.1, -0.05) is 507 Å². The average Bonchev–Trinajstić information content (AvgIpc) is 0.896. The minimum Gasteiger partial charge on any atom is -0.463 e. The number of aliphatic hydroxyl groups excluding tert-OH is 2. The third-order valence-corrected chi connectivity index (χ3v) is 26.9. The van der Waals surface area contributed by atoms with E-state index < -0.39 is 91.5 Å². The second kappa shape index (κ2) is 110. The lowest BCUT2D eigenvalue weighted by Gasteiger charge is -2.21. The molecule has 0 aromatic rings. The molecule has 5 unspecified atom stereocenters. The molecule has 0 radical (unpaired) electrons. The van der Waals surface area contributed by atoms with Gasteiger partial charge in [0, 0.05) is 19.3 Å².